The molecule has 7 heteroatoms. The molecular formula is C11H16N6S. The Bertz CT molecular complexity index is 515. The maximum atomic E-state index is 4.54. The van der Waals surface area contributed by atoms with Crippen LogP contribution < -0.4 is 21.5 Å². The molecule has 0 spiro atoms. The second-order valence-electron chi connectivity index (χ2n) is 4.56. The zero-order valence-electron chi connectivity index (χ0n) is 10.4. The standard InChI is InChI=1S/C11H16N6S/c1-6(2)9-14-11(18-17-9)8-5-7-10(16-15-8)13-4-3-12-7/h5-6,12-13,15-16H,3-4H2,1-2H3. The summed E-state index contributed by atoms with van der Waals surface area (Å²) in [6.45, 7) is 6.05. The fourth-order valence-electron chi connectivity index (χ4n) is 1.81. The Morgan fingerprint density at radius 2 is 2.06 bits per heavy atom. The zero-order chi connectivity index (χ0) is 12.5. The summed E-state index contributed by atoms with van der Waals surface area (Å²) in [6, 6.07) is 0. The Morgan fingerprint density at radius 3 is 2.83 bits per heavy atom. The van der Waals surface area contributed by atoms with Gasteiger partial charge in [-0.25, -0.2) is 4.98 Å². The van der Waals surface area contributed by atoms with Crippen LogP contribution in [0.3, 0.4) is 0 Å². The molecule has 3 heterocycles. The van der Waals surface area contributed by atoms with E-state index in [2.05, 4.69) is 50.8 Å². The third-order valence-corrected chi connectivity index (χ3v) is 3.57. The number of aromatic nitrogens is 2. The lowest BCUT2D eigenvalue weighted by molar-refractivity contribution is 0.566. The van der Waals surface area contributed by atoms with E-state index in [4.69, 9.17) is 0 Å². The van der Waals surface area contributed by atoms with Gasteiger partial charge in [0.25, 0.3) is 0 Å². The molecule has 0 atom stereocenters. The number of rotatable bonds is 2. The highest BCUT2D eigenvalue weighted by Gasteiger charge is 2.19. The highest BCUT2D eigenvalue weighted by Crippen LogP contribution is 2.21. The van der Waals surface area contributed by atoms with Crippen molar-refractivity contribution >= 4 is 17.2 Å². The maximum absolute atomic E-state index is 4.54. The van der Waals surface area contributed by atoms with E-state index in [1.807, 2.05) is 0 Å². The van der Waals surface area contributed by atoms with Crippen LogP contribution in [0.5, 0.6) is 0 Å². The molecule has 0 saturated carbocycles. The lowest BCUT2D eigenvalue weighted by atomic mass is 10.2. The lowest BCUT2D eigenvalue weighted by Gasteiger charge is -2.27. The molecule has 1 aromatic heterocycles. The van der Waals surface area contributed by atoms with Crippen LogP contribution in [-0.4, -0.2) is 22.4 Å². The van der Waals surface area contributed by atoms with Crippen molar-refractivity contribution in [3.63, 3.8) is 0 Å². The topological polar surface area (TPSA) is 73.9 Å². The summed E-state index contributed by atoms with van der Waals surface area (Å²) in [5, 5.41) is 7.54. The quantitative estimate of drug-likeness (QED) is 0.622. The smallest absolute Gasteiger partial charge is 0.161 e. The molecule has 4 N–H and O–H groups in total. The highest BCUT2D eigenvalue weighted by atomic mass is 32.1. The Balaban J connectivity index is 1.88. The van der Waals surface area contributed by atoms with Crippen molar-refractivity contribution in [1.29, 1.82) is 0 Å². The van der Waals surface area contributed by atoms with Gasteiger partial charge in [0.2, 0.25) is 0 Å². The minimum atomic E-state index is 0.358. The fraction of sp³-hybridized carbons (Fsp3) is 0.455. The van der Waals surface area contributed by atoms with Crippen molar-refractivity contribution in [2.45, 2.75) is 19.8 Å². The van der Waals surface area contributed by atoms with Crippen molar-refractivity contribution in [2.24, 2.45) is 0 Å². The summed E-state index contributed by atoms with van der Waals surface area (Å²) >= 11 is 1.42. The summed E-state index contributed by atoms with van der Waals surface area (Å²) in [4.78, 5) is 4.54. The van der Waals surface area contributed by atoms with E-state index < -0.39 is 0 Å². The average Bonchev–Trinajstić information content (AvgIpc) is 2.88. The molecule has 0 aliphatic carbocycles. The summed E-state index contributed by atoms with van der Waals surface area (Å²) in [6.07, 6.45) is 2.06. The van der Waals surface area contributed by atoms with E-state index in [0.717, 1.165) is 41.1 Å². The minimum Gasteiger partial charge on any atom is -0.380 e. The fourth-order valence-corrected chi connectivity index (χ4v) is 2.58. The maximum Gasteiger partial charge on any atom is 0.161 e. The molecule has 0 unspecified atom stereocenters. The molecular weight excluding hydrogens is 248 g/mol. The van der Waals surface area contributed by atoms with E-state index in [9.17, 15) is 0 Å². The molecule has 6 nitrogen and oxygen atoms in total. The van der Waals surface area contributed by atoms with Crippen LogP contribution in [0, 0.1) is 0 Å². The average molecular weight is 264 g/mol. The minimum absolute atomic E-state index is 0.358. The monoisotopic (exact) mass is 264 g/mol. The summed E-state index contributed by atoms with van der Waals surface area (Å²) in [5.41, 5.74) is 8.30. The number of hydrazine groups is 1. The first kappa shape index (κ1) is 11.3. The summed E-state index contributed by atoms with van der Waals surface area (Å²) in [5.74, 6) is 2.24. The van der Waals surface area contributed by atoms with Crippen LogP contribution in [0.25, 0.3) is 5.70 Å². The molecule has 2 aliphatic rings. The Morgan fingerprint density at radius 1 is 1.22 bits per heavy atom. The zero-order valence-corrected chi connectivity index (χ0v) is 11.2. The van der Waals surface area contributed by atoms with E-state index >= 15 is 0 Å². The van der Waals surface area contributed by atoms with Gasteiger partial charge in [0, 0.05) is 19.0 Å². The highest BCUT2D eigenvalue weighted by molar-refractivity contribution is 7.06. The molecule has 0 radical (unpaired) electrons. The first-order valence-corrected chi connectivity index (χ1v) is 6.81. The van der Waals surface area contributed by atoms with Crippen molar-refractivity contribution in [3.8, 4) is 0 Å². The first-order valence-electron chi connectivity index (χ1n) is 6.04. The third kappa shape index (κ3) is 2.01. The van der Waals surface area contributed by atoms with Gasteiger partial charge in [0.15, 0.2) is 5.01 Å². The molecule has 0 amide bonds. The first-order chi connectivity index (χ1) is 8.74. The number of hydrogen-bond acceptors (Lipinski definition) is 7. The number of hydrogen-bond donors (Lipinski definition) is 4. The van der Waals surface area contributed by atoms with Crippen molar-refractivity contribution < 1.29 is 0 Å². The normalized spacial score (nSPS) is 18.3. The van der Waals surface area contributed by atoms with Crippen molar-refractivity contribution in [1.82, 2.24) is 30.8 Å². The Labute approximate surface area is 110 Å². The number of allylic oxidation sites excluding steroid dienone is 1. The number of nitrogens with zero attached hydrogens (tertiary/aromatic N) is 2. The molecule has 0 bridgehead atoms. The van der Waals surface area contributed by atoms with E-state index in [-0.39, 0.29) is 0 Å². The number of nitrogens with one attached hydrogen (secondary N) is 4. The van der Waals surface area contributed by atoms with Crippen LogP contribution in [0.4, 0.5) is 0 Å². The predicted octanol–water partition coefficient (Wildman–Crippen LogP) is 0.472. The Kier molecular flexibility index (Phi) is 2.83. The van der Waals surface area contributed by atoms with Crippen molar-refractivity contribution in [2.75, 3.05) is 13.1 Å². The SMILES string of the molecule is CC(C)c1nsc(C2=CC3=C(NCCN3)NN2)n1. The van der Waals surface area contributed by atoms with Gasteiger partial charge < -0.3 is 10.6 Å². The van der Waals surface area contributed by atoms with Gasteiger partial charge in [-0.1, -0.05) is 13.8 Å². The molecule has 3 rings (SSSR count). The van der Waals surface area contributed by atoms with Crippen LogP contribution >= 0.6 is 11.5 Å². The molecule has 18 heavy (non-hydrogen) atoms. The second kappa shape index (κ2) is 4.49. The molecule has 2 aliphatic heterocycles. The van der Waals surface area contributed by atoms with Crippen molar-refractivity contribution in [3.05, 3.63) is 28.4 Å². The van der Waals surface area contributed by atoms with Crippen LogP contribution in [-0.2, 0) is 0 Å². The second-order valence-corrected chi connectivity index (χ2v) is 5.31. The van der Waals surface area contributed by atoms with Gasteiger partial charge in [-0.05, 0) is 17.6 Å². The lowest BCUT2D eigenvalue weighted by Crippen LogP contribution is -2.47. The van der Waals surface area contributed by atoms with Gasteiger partial charge >= 0.3 is 0 Å². The molecule has 0 fully saturated rings. The van der Waals surface area contributed by atoms with Crippen LogP contribution in [0.2, 0.25) is 0 Å². The molecule has 96 valence electrons. The summed E-state index contributed by atoms with van der Waals surface area (Å²) in [7, 11) is 0. The van der Waals surface area contributed by atoms with Gasteiger partial charge in [0.05, 0.1) is 11.4 Å². The predicted molar refractivity (Wildman–Crippen MR) is 71.3 cm³/mol. The van der Waals surface area contributed by atoms with Gasteiger partial charge in [-0.15, -0.1) is 0 Å². The molecule has 1 aromatic rings. The molecule has 0 aromatic carbocycles. The van der Waals surface area contributed by atoms with E-state index in [1.54, 1.807) is 0 Å². The third-order valence-electron chi connectivity index (χ3n) is 2.81. The summed E-state index contributed by atoms with van der Waals surface area (Å²) < 4.78 is 4.36. The largest absolute Gasteiger partial charge is 0.380 e. The van der Waals surface area contributed by atoms with Gasteiger partial charge in [-0.2, -0.15) is 4.37 Å². The van der Waals surface area contributed by atoms with Crippen LogP contribution in [0.1, 0.15) is 30.6 Å². The van der Waals surface area contributed by atoms with E-state index in [0.29, 0.717) is 5.92 Å². The Hall–Kier alpha value is -1.76. The van der Waals surface area contributed by atoms with Gasteiger partial charge in [-0.3, -0.25) is 10.9 Å². The van der Waals surface area contributed by atoms with E-state index in [1.165, 1.54) is 11.5 Å². The molecule has 0 saturated heterocycles. The van der Waals surface area contributed by atoms with Gasteiger partial charge in [0.1, 0.15) is 11.6 Å². The van der Waals surface area contributed by atoms with Crippen LogP contribution in [0.15, 0.2) is 17.6 Å².